The number of β-amino-alcohol motifs (C(OH)–C–C–N with tert-alkyl or cyclic N) is 1. The Hall–Kier alpha value is -4.99. The number of likely N-dealkylation sites (tertiary alicyclic amines) is 1. The predicted molar refractivity (Wildman–Crippen MR) is 171 cm³/mol. The third-order valence-electron chi connectivity index (χ3n) is 8.31. The van der Waals surface area contributed by atoms with Gasteiger partial charge in [0.15, 0.2) is 11.5 Å². The van der Waals surface area contributed by atoms with E-state index in [-0.39, 0.29) is 23.2 Å². The molecule has 0 radical (unpaired) electrons. The minimum Gasteiger partial charge on any atom is -0.419 e. The summed E-state index contributed by atoms with van der Waals surface area (Å²) in [5.41, 5.74) is 4.86. The van der Waals surface area contributed by atoms with Crippen LogP contribution in [-0.2, 0) is 0 Å². The van der Waals surface area contributed by atoms with Crippen molar-refractivity contribution in [2.24, 2.45) is 0 Å². The molecular weight excluding hydrogens is 570 g/mol. The molecular formula is C36H35N3O6. The lowest BCUT2D eigenvalue weighted by Gasteiger charge is -2.33. The summed E-state index contributed by atoms with van der Waals surface area (Å²) in [5, 5.41) is 11.2. The average molecular weight is 606 g/mol. The standard InChI is InChI=1S/C36H35N3O6/c1-23-7-11-25(12-8-23)34(41)44-32-16-15-27(21-33(32)45-35(42)26-13-9-24(2)10-14-26)31(40)22-38-19-17-28(18-20-38)39-30-6-4-3-5-29(30)37-36(39)43/h3-16,21,28,31,40H,17-20,22H2,1-2H3,(H,37,43)/t31-/m0/s1. The lowest BCUT2D eigenvalue weighted by molar-refractivity contribution is 0.0680. The molecule has 0 amide bonds. The molecule has 1 saturated heterocycles. The van der Waals surface area contributed by atoms with E-state index in [1.54, 1.807) is 36.4 Å². The SMILES string of the molecule is Cc1ccc(C(=O)Oc2ccc([C@@H](O)CN3CCC(n4c(=O)[nH]c5ccccc54)CC3)cc2OC(=O)c2ccc(C)cc2)cc1. The number of nitrogens with one attached hydrogen (secondary N) is 1. The number of carbonyl (C=O) groups is 2. The summed E-state index contributed by atoms with van der Waals surface area (Å²) in [6.07, 6.45) is 0.639. The smallest absolute Gasteiger partial charge is 0.343 e. The second kappa shape index (κ2) is 12.9. The van der Waals surface area contributed by atoms with Gasteiger partial charge in [-0.3, -0.25) is 4.57 Å². The van der Waals surface area contributed by atoms with Gasteiger partial charge in [-0.15, -0.1) is 0 Å². The van der Waals surface area contributed by atoms with Crippen molar-refractivity contribution in [1.29, 1.82) is 0 Å². The molecule has 9 heteroatoms. The number of ether oxygens (including phenoxy) is 2. The molecule has 0 unspecified atom stereocenters. The summed E-state index contributed by atoms with van der Waals surface area (Å²) in [6, 6.07) is 26.5. The Morgan fingerprint density at radius 2 is 1.40 bits per heavy atom. The Bertz CT molecular complexity index is 1880. The zero-order chi connectivity index (χ0) is 31.5. The number of hydrogen-bond acceptors (Lipinski definition) is 7. The van der Waals surface area contributed by atoms with Crippen LogP contribution < -0.4 is 15.2 Å². The Balaban J connectivity index is 1.17. The number of aliphatic hydroxyl groups excluding tert-OH is 1. The lowest BCUT2D eigenvalue weighted by Crippen LogP contribution is -2.39. The highest BCUT2D eigenvalue weighted by Gasteiger charge is 2.26. The Labute approximate surface area is 260 Å². The van der Waals surface area contributed by atoms with Crippen LogP contribution in [0.15, 0.2) is 95.8 Å². The number of imidazole rings is 1. The van der Waals surface area contributed by atoms with Gasteiger partial charge >= 0.3 is 17.6 Å². The second-order valence-corrected chi connectivity index (χ2v) is 11.6. The van der Waals surface area contributed by atoms with E-state index in [1.165, 1.54) is 6.07 Å². The van der Waals surface area contributed by atoms with Crippen LogP contribution in [0.1, 0.15) is 62.4 Å². The molecule has 0 bridgehead atoms. The number of benzene rings is 4. The molecule has 230 valence electrons. The van der Waals surface area contributed by atoms with Crippen LogP contribution in [0.3, 0.4) is 0 Å². The third kappa shape index (κ3) is 6.74. The molecule has 1 fully saturated rings. The van der Waals surface area contributed by atoms with Crippen LogP contribution in [0.2, 0.25) is 0 Å². The van der Waals surface area contributed by atoms with E-state index in [2.05, 4.69) is 9.88 Å². The molecule has 5 aromatic rings. The van der Waals surface area contributed by atoms with E-state index in [9.17, 15) is 19.5 Å². The molecule has 6 rings (SSSR count). The van der Waals surface area contributed by atoms with Crippen molar-refractivity contribution < 1.29 is 24.2 Å². The second-order valence-electron chi connectivity index (χ2n) is 11.6. The molecule has 0 spiro atoms. The number of rotatable bonds is 8. The number of esters is 2. The monoisotopic (exact) mass is 605 g/mol. The number of aliphatic hydroxyl groups is 1. The van der Waals surface area contributed by atoms with Gasteiger partial charge in [0.2, 0.25) is 0 Å². The summed E-state index contributed by atoms with van der Waals surface area (Å²) in [5.74, 6) is -1.09. The fourth-order valence-corrected chi connectivity index (χ4v) is 5.74. The number of para-hydroxylation sites is 2. The van der Waals surface area contributed by atoms with Gasteiger partial charge in [0.05, 0.1) is 28.3 Å². The first-order valence-electron chi connectivity index (χ1n) is 15.1. The summed E-state index contributed by atoms with van der Waals surface area (Å²) in [4.78, 5) is 43.7. The molecule has 1 aliphatic heterocycles. The summed E-state index contributed by atoms with van der Waals surface area (Å²) < 4.78 is 13.2. The Morgan fingerprint density at radius 1 is 0.822 bits per heavy atom. The zero-order valence-electron chi connectivity index (χ0n) is 25.2. The van der Waals surface area contributed by atoms with Crippen molar-refractivity contribution >= 4 is 23.0 Å². The lowest BCUT2D eigenvalue weighted by atomic mass is 10.0. The number of aromatic nitrogens is 2. The minimum atomic E-state index is -0.893. The first-order chi connectivity index (χ1) is 21.7. The molecule has 2 N–H and O–H groups in total. The van der Waals surface area contributed by atoms with Crippen molar-refractivity contribution in [3.63, 3.8) is 0 Å². The van der Waals surface area contributed by atoms with Crippen LogP contribution in [0.5, 0.6) is 11.5 Å². The average Bonchev–Trinajstić information content (AvgIpc) is 3.38. The fourth-order valence-electron chi connectivity index (χ4n) is 5.74. The Kier molecular flexibility index (Phi) is 8.64. The van der Waals surface area contributed by atoms with Gasteiger partial charge in [0.1, 0.15) is 0 Å². The van der Waals surface area contributed by atoms with Crippen LogP contribution >= 0.6 is 0 Å². The molecule has 4 aromatic carbocycles. The zero-order valence-corrected chi connectivity index (χ0v) is 25.2. The number of aromatic amines is 1. The quantitative estimate of drug-likeness (QED) is 0.171. The number of carbonyl (C=O) groups excluding carboxylic acids is 2. The number of nitrogens with zero attached hydrogens (tertiary/aromatic N) is 2. The summed E-state index contributed by atoms with van der Waals surface area (Å²) in [7, 11) is 0. The first-order valence-corrected chi connectivity index (χ1v) is 15.1. The molecule has 2 heterocycles. The van der Waals surface area contributed by atoms with E-state index in [1.807, 2.05) is 66.9 Å². The molecule has 9 nitrogen and oxygen atoms in total. The van der Waals surface area contributed by atoms with Gasteiger partial charge in [-0.25, -0.2) is 14.4 Å². The van der Waals surface area contributed by atoms with E-state index >= 15 is 0 Å². The maximum Gasteiger partial charge on any atom is 0.343 e. The molecule has 1 aromatic heterocycles. The van der Waals surface area contributed by atoms with Gasteiger partial charge in [-0.1, -0.05) is 53.6 Å². The van der Waals surface area contributed by atoms with Gasteiger partial charge in [-0.2, -0.15) is 0 Å². The highest BCUT2D eigenvalue weighted by molar-refractivity contribution is 5.93. The van der Waals surface area contributed by atoms with E-state index < -0.39 is 18.0 Å². The van der Waals surface area contributed by atoms with Crippen molar-refractivity contribution in [2.75, 3.05) is 19.6 Å². The topological polar surface area (TPSA) is 114 Å². The van der Waals surface area contributed by atoms with E-state index in [0.29, 0.717) is 36.3 Å². The van der Waals surface area contributed by atoms with Gasteiger partial charge in [0.25, 0.3) is 0 Å². The largest absolute Gasteiger partial charge is 0.419 e. The van der Waals surface area contributed by atoms with Crippen LogP contribution in [0, 0.1) is 13.8 Å². The van der Waals surface area contributed by atoms with Crippen molar-refractivity contribution in [3.8, 4) is 11.5 Å². The van der Waals surface area contributed by atoms with Gasteiger partial charge in [0, 0.05) is 25.7 Å². The molecule has 1 aliphatic rings. The maximum absolute atomic E-state index is 13.0. The van der Waals surface area contributed by atoms with Gasteiger partial charge in [-0.05, 0) is 80.8 Å². The van der Waals surface area contributed by atoms with Gasteiger partial charge < -0.3 is 24.5 Å². The van der Waals surface area contributed by atoms with Crippen molar-refractivity contribution in [3.05, 3.63) is 129 Å². The first kappa shape index (κ1) is 30.1. The van der Waals surface area contributed by atoms with Crippen LogP contribution in [0.4, 0.5) is 0 Å². The highest BCUT2D eigenvalue weighted by Crippen LogP contribution is 2.33. The van der Waals surface area contributed by atoms with Crippen molar-refractivity contribution in [1.82, 2.24) is 14.5 Å². The number of H-pyrrole nitrogens is 1. The number of fused-ring (bicyclic) bond motifs is 1. The molecule has 0 aliphatic carbocycles. The molecule has 1 atom stereocenters. The predicted octanol–water partition coefficient (Wildman–Crippen LogP) is 5.76. The number of hydrogen-bond donors (Lipinski definition) is 2. The fraction of sp³-hybridized carbons (Fsp3) is 0.250. The van der Waals surface area contributed by atoms with E-state index in [0.717, 1.165) is 35.0 Å². The number of aryl methyl sites for hydroxylation is 2. The molecule has 0 saturated carbocycles. The van der Waals surface area contributed by atoms with Crippen LogP contribution in [0.25, 0.3) is 11.0 Å². The van der Waals surface area contributed by atoms with E-state index in [4.69, 9.17) is 9.47 Å². The summed E-state index contributed by atoms with van der Waals surface area (Å²) in [6.45, 7) is 5.61. The maximum atomic E-state index is 13.0. The minimum absolute atomic E-state index is 0.0370. The highest BCUT2D eigenvalue weighted by atomic mass is 16.6. The van der Waals surface area contributed by atoms with Crippen molar-refractivity contribution in [2.45, 2.75) is 38.8 Å². The summed E-state index contributed by atoms with van der Waals surface area (Å²) >= 11 is 0. The number of piperidine rings is 1. The molecule has 45 heavy (non-hydrogen) atoms. The Morgan fingerprint density at radius 3 is 2.02 bits per heavy atom. The van der Waals surface area contributed by atoms with Crippen LogP contribution in [-0.4, -0.2) is 51.1 Å². The normalized spacial score (nSPS) is 14.7. The third-order valence-corrected chi connectivity index (χ3v) is 8.31.